The highest BCUT2D eigenvalue weighted by atomic mass is 19.4. The van der Waals surface area contributed by atoms with Crippen LogP contribution < -0.4 is 16.7 Å². The second kappa shape index (κ2) is 5.40. The monoisotopic (exact) mass is 321 g/mol. The van der Waals surface area contributed by atoms with Crippen LogP contribution in [-0.2, 0) is 0 Å². The van der Waals surface area contributed by atoms with Gasteiger partial charge in [-0.25, -0.2) is 5.84 Å². The quantitative estimate of drug-likeness (QED) is 0.221. The van der Waals surface area contributed by atoms with Crippen molar-refractivity contribution in [1.82, 2.24) is 0 Å². The van der Waals surface area contributed by atoms with Crippen molar-refractivity contribution in [2.45, 2.75) is 24.9 Å². The molecule has 4 N–H and O–H groups in total. The van der Waals surface area contributed by atoms with Crippen molar-refractivity contribution < 1.29 is 22.5 Å². The number of hydrogen-bond donors (Lipinski definition) is 2. The molecule has 1 aliphatic rings. The van der Waals surface area contributed by atoms with Crippen LogP contribution in [0.1, 0.15) is 24.3 Å². The second-order valence-corrected chi connectivity index (χ2v) is 4.71. The summed E-state index contributed by atoms with van der Waals surface area (Å²) in [6.07, 6.45) is -3.72. The third-order valence-electron chi connectivity index (χ3n) is 3.17. The zero-order chi connectivity index (χ0) is 16.7. The molecule has 1 saturated carbocycles. The summed E-state index contributed by atoms with van der Waals surface area (Å²) in [5.74, 6) is 7.10. The third kappa shape index (κ3) is 2.93. The van der Waals surface area contributed by atoms with Gasteiger partial charge in [0.25, 0.3) is 0 Å². The normalized spacial score (nSPS) is 15.8. The molecule has 0 aliphatic heterocycles. The van der Waals surface area contributed by atoms with Crippen molar-refractivity contribution in [2.75, 3.05) is 5.01 Å². The Balaban J connectivity index is 2.57. The minimum atomic E-state index is -4.96. The van der Waals surface area contributed by atoms with Crippen LogP contribution in [0.3, 0.4) is 0 Å². The van der Waals surface area contributed by atoms with Gasteiger partial charge in [0.1, 0.15) is 0 Å². The van der Waals surface area contributed by atoms with Crippen molar-refractivity contribution in [3.05, 3.63) is 33.6 Å². The van der Waals surface area contributed by atoms with E-state index in [-0.39, 0.29) is 22.2 Å². The summed E-state index contributed by atoms with van der Waals surface area (Å²) >= 11 is 0. The Morgan fingerprint density at radius 3 is 2.41 bits per heavy atom. The standard InChI is InChI=1S/C11H11F4N5O2/c12-7-3-6(5-1-2-5)8(4-9(7)20(21)22)19(17)10(18-16)11(13,14)15/h3-5H,1-2,16-17H2/b18-10-. The number of amidine groups is 1. The van der Waals surface area contributed by atoms with Gasteiger partial charge in [0.15, 0.2) is 0 Å². The summed E-state index contributed by atoms with van der Waals surface area (Å²) in [4.78, 5) is 9.71. The average Bonchev–Trinajstić information content (AvgIpc) is 3.20. The van der Waals surface area contributed by atoms with Crippen LogP contribution in [0, 0.1) is 15.9 Å². The lowest BCUT2D eigenvalue weighted by Gasteiger charge is -2.23. The van der Waals surface area contributed by atoms with Gasteiger partial charge in [0, 0.05) is 6.07 Å². The van der Waals surface area contributed by atoms with E-state index in [0.717, 1.165) is 6.07 Å². The molecule has 1 aliphatic carbocycles. The minimum absolute atomic E-state index is 0.0973. The molecule has 11 heteroatoms. The molecule has 0 spiro atoms. The topological polar surface area (TPSA) is 111 Å². The highest BCUT2D eigenvalue weighted by Crippen LogP contribution is 2.46. The molecule has 0 bridgehead atoms. The summed E-state index contributed by atoms with van der Waals surface area (Å²) in [6.45, 7) is 0. The number of nitrogens with zero attached hydrogens (tertiary/aromatic N) is 3. The number of rotatable bonds is 3. The van der Waals surface area contributed by atoms with Crippen molar-refractivity contribution in [3.63, 3.8) is 0 Å². The highest BCUT2D eigenvalue weighted by Gasteiger charge is 2.42. The maximum absolute atomic E-state index is 13.7. The molecule has 0 saturated heterocycles. The summed E-state index contributed by atoms with van der Waals surface area (Å²) in [5.41, 5.74) is -1.18. The Morgan fingerprint density at radius 1 is 1.41 bits per heavy atom. The summed E-state index contributed by atoms with van der Waals surface area (Å²) in [5, 5.41) is 13.4. The molecule has 7 nitrogen and oxygen atoms in total. The number of nitro benzene ring substituents is 1. The number of benzene rings is 1. The lowest BCUT2D eigenvalue weighted by Crippen LogP contribution is -2.47. The first kappa shape index (κ1) is 15.9. The lowest BCUT2D eigenvalue weighted by atomic mass is 10.1. The van der Waals surface area contributed by atoms with Gasteiger partial charge in [-0.05, 0) is 30.4 Å². The number of anilines is 1. The molecule has 22 heavy (non-hydrogen) atoms. The Kier molecular flexibility index (Phi) is 3.92. The van der Waals surface area contributed by atoms with Crippen molar-refractivity contribution >= 4 is 17.2 Å². The van der Waals surface area contributed by atoms with Crippen LogP contribution in [0.4, 0.5) is 28.9 Å². The summed E-state index contributed by atoms with van der Waals surface area (Å²) < 4.78 is 52.1. The SMILES string of the molecule is N/N=C(\N(N)c1cc([N+](=O)[O-])c(F)cc1C1CC1)C(F)(F)F. The van der Waals surface area contributed by atoms with E-state index < -0.39 is 28.4 Å². The fourth-order valence-corrected chi connectivity index (χ4v) is 2.02. The van der Waals surface area contributed by atoms with Gasteiger partial charge in [0.2, 0.25) is 11.7 Å². The largest absolute Gasteiger partial charge is 0.452 e. The predicted molar refractivity (Wildman–Crippen MR) is 69.4 cm³/mol. The molecular weight excluding hydrogens is 310 g/mol. The number of alkyl halides is 3. The van der Waals surface area contributed by atoms with E-state index >= 15 is 0 Å². The summed E-state index contributed by atoms with van der Waals surface area (Å²) in [7, 11) is 0. The van der Waals surface area contributed by atoms with E-state index in [2.05, 4.69) is 5.10 Å². The van der Waals surface area contributed by atoms with Crippen LogP contribution in [0.15, 0.2) is 17.2 Å². The molecule has 0 amide bonds. The van der Waals surface area contributed by atoms with E-state index in [1.165, 1.54) is 0 Å². The van der Waals surface area contributed by atoms with Crippen LogP contribution in [0.5, 0.6) is 0 Å². The van der Waals surface area contributed by atoms with E-state index in [4.69, 9.17) is 11.7 Å². The van der Waals surface area contributed by atoms with Gasteiger partial charge in [-0.1, -0.05) is 0 Å². The Morgan fingerprint density at radius 2 is 2.00 bits per heavy atom. The molecular formula is C11H11F4N5O2. The zero-order valence-corrected chi connectivity index (χ0v) is 11.0. The number of halogens is 4. The van der Waals surface area contributed by atoms with Crippen molar-refractivity contribution in [3.8, 4) is 0 Å². The summed E-state index contributed by atoms with van der Waals surface area (Å²) in [6, 6.07) is 1.48. The lowest BCUT2D eigenvalue weighted by molar-refractivity contribution is -0.387. The van der Waals surface area contributed by atoms with Crippen LogP contribution in [0.25, 0.3) is 0 Å². The zero-order valence-electron chi connectivity index (χ0n) is 11.0. The molecule has 0 radical (unpaired) electrons. The first-order valence-corrected chi connectivity index (χ1v) is 6.04. The Hall–Kier alpha value is -2.43. The molecule has 0 heterocycles. The number of hydrazone groups is 1. The van der Waals surface area contributed by atoms with Gasteiger partial charge in [-0.2, -0.15) is 22.7 Å². The van der Waals surface area contributed by atoms with Crippen LogP contribution >= 0.6 is 0 Å². The molecule has 0 aromatic heterocycles. The number of nitro groups is 1. The molecule has 0 atom stereocenters. The molecule has 1 fully saturated rings. The smallest absolute Gasteiger partial charge is 0.321 e. The van der Waals surface area contributed by atoms with Gasteiger partial charge in [-0.3, -0.25) is 15.1 Å². The average molecular weight is 321 g/mol. The predicted octanol–water partition coefficient (Wildman–Crippen LogP) is 2.13. The van der Waals surface area contributed by atoms with Crippen molar-refractivity contribution in [1.29, 1.82) is 0 Å². The van der Waals surface area contributed by atoms with Gasteiger partial charge in [0.05, 0.1) is 10.6 Å². The molecule has 1 aromatic rings. The van der Waals surface area contributed by atoms with Gasteiger partial charge in [-0.15, -0.1) is 0 Å². The molecule has 120 valence electrons. The number of hydrogen-bond acceptors (Lipinski definition) is 5. The minimum Gasteiger partial charge on any atom is -0.321 e. The third-order valence-corrected chi connectivity index (χ3v) is 3.17. The molecule has 0 unspecified atom stereocenters. The maximum Gasteiger partial charge on any atom is 0.452 e. The van der Waals surface area contributed by atoms with Crippen LogP contribution in [0.2, 0.25) is 0 Å². The van der Waals surface area contributed by atoms with Gasteiger partial charge >= 0.3 is 11.9 Å². The maximum atomic E-state index is 13.7. The second-order valence-electron chi connectivity index (χ2n) is 4.71. The fourth-order valence-electron chi connectivity index (χ4n) is 2.02. The van der Waals surface area contributed by atoms with E-state index in [0.29, 0.717) is 18.9 Å². The van der Waals surface area contributed by atoms with E-state index in [9.17, 15) is 27.7 Å². The first-order valence-electron chi connectivity index (χ1n) is 6.04. The molecule has 2 rings (SSSR count). The first-order chi connectivity index (χ1) is 10.2. The highest BCUT2D eigenvalue weighted by molar-refractivity contribution is 6.01. The van der Waals surface area contributed by atoms with E-state index in [1.54, 1.807) is 0 Å². The number of nitrogens with two attached hydrogens (primary N) is 2. The Bertz CT molecular complexity index is 642. The van der Waals surface area contributed by atoms with Crippen molar-refractivity contribution in [2.24, 2.45) is 16.8 Å². The van der Waals surface area contributed by atoms with Gasteiger partial charge < -0.3 is 5.84 Å². The molecule has 1 aromatic carbocycles. The van der Waals surface area contributed by atoms with Crippen LogP contribution in [-0.4, -0.2) is 16.9 Å². The fraction of sp³-hybridized carbons (Fsp3) is 0.364. The van der Waals surface area contributed by atoms with E-state index in [1.807, 2.05) is 0 Å². The number of hydrazine groups is 1. The Labute approximate surface area is 121 Å².